The van der Waals surface area contributed by atoms with Crippen molar-refractivity contribution in [2.75, 3.05) is 16.7 Å². The van der Waals surface area contributed by atoms with Crippen LogP contribution in [0.1, 0.15) is 10.4 Å². The average Bonchev–Trinajstić information content (AvgIpc) is 3.35. The second-order valence-corrected chi connectivity index (χ2v) is 8.63. The Morgan fingerprint density at radius 1 is 1.00 bits per heavy atom. The Labute approximate surface area is 179 Å². The van der Waals surface area contributed by atoms with Gasteiger partial charge in [-0.05, 0) is 48.5 Å². The molecule has 156 valence electrons. The number of sulfonamides is 1. The number of anilines is 2. The summed E-state index contributed by atoms with van der Waals surface area (Å²) >= 11 is 0. The molecule has 9 heteroatoms. The molecular formula is C22H19N5O3S. The summed E-state index contributed by atoms with van der Waals surface area (Å²) in [7, 11) is -2.24. The number of aromatic nitrogens is 3. The lowest BCUT2D eigenvalue weighted by Crippen LogP contribution is -2.26. The standard InChI is InChI=1S/C22H19N5O3S/c1-26(19-5-3-2-4-6-19)31(29,30)20-10-7-17(8-11-20)22(28)25-18-9-12-21(24-15-18)27-14-13-23-16-27/h2-16H,1H3,(H,25,28). The molecule has 0 aliphatic rings. The smallest absolute Gasteiger partial charge is 0.264 e. The molecule has 0 spiro atoms. The summed E-state index contributed by atoms with van der Waals surface area (Å²) in [6.45, 7) is 0. The highest BCUT2D eigenvalue weighted by molar-refractivity contribution is 7.92. The summed E-state index contributed by atoms with van der Waals surface area (Å²) in [6.07, 6.45) is 6.59. The van der Waals surface area contributed by atoms with Gasteiger partial charge in [0.25, 0.3) is 15.9 Å². The van der Waals surface area contributed by atoms with Crippen LogP contribution in [0, 0.1) is 0 Å². The molecule has 0 fully saturated rings. The molecule has 0 atom stereocenters. The van der Waals surface area contributed by atoms with Crippen molar-refractivity contribution in [3.05, 3.63) is 97.2 Å². The van der Waals surface area contributed by atoms with Crippen molar-refractivity contribution < 1.29 is 13.2 Å². The highest BCUT2D eigenvalue weighted by Gasteiger charge is 2.21. The summed E-state index contributed by atoms with van der Waals surface area (Å²) in [5.41, 5.74) is 1.41. The average molecular weight is 433 g/mol. The molecule has 0 saturated carbocycles. The van der Waals surface area contributed by atoms with Crippen molar-refractivity contribution in [1.29, 1.82) is 0 Å². The monoisotopic (exact) mass is 433 g/mol. The van der Waals surface area contributed by atoms with Gasteiger partial charge in [0.1, 0.15) is 12.1 Å². The molecule has 0 bridgehead atoms. The number of para-hydroxylation sites is 1. The molecule has 4 rings (SSSR count). The Morgan fingerprint density at radius 2 is 1.74 bits per heavy atom. The topological polar surface area (TPSA) is 97.2 Å². The minimum absolute atomic E-state index is 0.0988. The summed E-state index contributed by atoms with van der Waals surface area (Å²) in [5, 5.41) is 2.75. The summed E-state index contributed by atoms with van der Waals surface area (Å²) < 4.78 is 28.6. The zero-order chi connectivity index (χ0) is 21.8. The van der Waals surface area contributed by atoms with E-state index in [1.165, 1.54) is 35.6 Å². The molecule has 0 aliphatic carbocycles. The first-order chi connectivity index (χ1) is 14.9. The third-order valence-electron chi connectivity index (χ3n) is 4.67. The Kier molecular flexibility index (Phi) is 5.50. The van der Waals surface area contributed by atoms with Crippen LogP contribution in [0.4, 0.5) is 11.4 Å². The maximum atomic E-state index is 12.8. The fourth-order valence-electron chi connectivity index (χ4n) is 2.92. The van der Waals surface area contributed by atoms with Crippen LogP contribution in [0.5, 0.6) is 0 Å². The number of pyridine rings is 1. The van der Waals surface area contributed by atoms with E-state index in [9.17, 15) is 13.2 Å². The van der Waals surface area contributed by atoms with E-state index in [-0.39, 0.29) is 10.8 Å². The first-order valence-electron chi connectivity index (χ1n) is 9.35. The lowest BCUT2D eigenvalue weighted by atomic mass is 10.2. The van der Waals surface area contributed by atoms with Crippen molar-refractivity contribution >= 4 is 27.3 Å². The fourth-order valence-corrected chi connectivity index (χ4v) is 4.12. The number of imidazole rings is 1. The van der Waals surface area contributed by atoms with E-state index in [0.29, 0.717) is 22.8 Å². The van der Waals surface area contributed by atoms with Crippen molar-refractivity contribution in [1.82, 2.24) is 14.5 Å². The van der Waals surface area contributed by atoms with Gasteiger partial charge in [-0.3, -0.25) is 13.7 Å². The van der Waals surface area contributed by atoms with E-state index in [2.05, 4.69) is 15.3 Å². The molecule has 0 unspecified atom stereocenters. The third-order valence-corrected chi connectivity index (χ3v) is 6.47. The normalized spacial score (nSPS) is 11.1. The lowest BCUT2D eigenvalue weighted by molar-refractivity contribution is 0.102. The zero-order valence-electron chi connectivity index (χ0n) is 16.6. The predicted molar refractivity (Wildman–Crippen MR) is 118 cm³/mol. The molecule has 8 nitrogen and oxygen atoms in total. The van der Waals surface area contributed by atoms with Gasteiger partial charge >= 0.3 is 0 Å². The second-order valence-electron chi connectivity index (χ2n) is 6.66. The third kappa shape index (κ3) is 4.31. The molecule has 4 aromatic rings. The van der Waals surface area contributed by atoms with Crippen LogP contribution in [0.15, 0.2) is 96.5 Å². The zero-order valence-corrected chi connectivity index (χ0v) is 17.4. The van der Waals surface area contributed by atoms with Crippen molar-refractivity contribution in [3.63, 3.8) is 0 Å². The minimum Gasteiger partial charge on any atom is -0.321 e. The number of carbonyl (C=O) groups excluding carboxylic acids is 1. The highest BCUT2D eigenvalue weighted by Crippen LogP contribution is 2.22. The highest BCUT2D eigenvalue weighted by atomic mass is 32.2. The van der Waals surface area contributed by atoms with Gasteiger partial charge in [-0.15, -0.1) is 0 Å². The number of hydrogen-bond donors (Lipinski definition) is 1. The van der Waals surface area contributed by atoms with Crippen molar-refractivity contribution in [2.24, 2.45) is 0 Å². The van der Waals surface area contributed by atoms with Gasteiger partial charge in [-0.2, -0.15) is 0 Å². The molecular weight excluding hydrogens is 414 g/mol. The predicted octanol–water partition coefficient (Wildman–Crippen LogP) is 3.34. The summed E-state index contributed by atoms with van der Waals surface area (Å²) in [6, 6.07) is 18.1. The van der Waals surface area contributed by atoms with Gasteiger partial charge < -0.3 is 5.32 Å². The molecule has 2 aromatic carbocycles. The first kappa shape index (κ1) is 20.3. The van der Waals surface area contributed by atoms with E-state index in [1.54, 1.807) is 65.9 Å². The number of carbonyl (C=O) groups is 1. The van der Waals surface area contributed by atoms with Crippen LogP contribution in [0.3, 0.4) is 0 Å². The minimum atomic E-state index is -3.74. The maximum absolute atomic E-state index is 12.8. The number of nitrogens with one attached hydrogen (secondary N) is 1. The number of amides is 1. The van der Waals surface area contributed by atoms with Gasteiger partial charge in [0, 0.05) is 25.0 Å². The van der Waals surface area contributed by atoms with E-state index >= 15 is 0 Å². The quantitative estimate of drug-likeness (QED) is 0.503. The van der Waals surface area contributed by atoms with Crippen LogP contribution in [-0.2, 0) is 10.0 Å². The molecule has 2 aromatic heterocycles. The molecule has 1 N–H and O–H groups in total. The van der Waals surface area contributed by atoms with E-state index in [0.717, 1.165) is 0 Å². The van der Waals surface area contributed by atoms with Gasteiger partial charge in [-0.25, -0.2) is 18.4 Å². The molecule has 0 radical (unpaired) electrons. The van der Waals surface area contributed by atoms with Gasteiger partial charge in [0.15, 0.2) is 0 Å². The van der Waals surface area contributed by atoms with Crippen LogP contribution in [0.25, 0.3) is 5.82 Å². The molecule has 2 heterocycles. The van der Waals surface area contributed by atoms with E-state index < -0.39 is 10.0 Å². The lowest BCUT2D eigenvalue weighted by Gasteiger charge is -2.19. The van der Waals surface area contributed by atoms with Gasteiger partial charge in [-0.1, -0.05) is 18.2 Å². The summed E-state index contributed by atoms with van der Waals surface area (Å²) in [5.74, 6) is 0.310. The molecule has 1 amide bonds. The number of benzene rings is 2. The van der Waals surface area contributed by atoms with Crippen LogP contribution >= 0.6 is 0 Å². The number of rotatable bonds is 6. The summed E-state index contributed by atoms with van der Waals surface area (Å²) in [4.78, 5) is 20.9. The second kappa shape index (κ2) is 8.41. The van der Waals surface area contributed by atoms with E-state index in [4.69, 9.17) is 0 Å². The molecule has 0 aliphatic heterocycles. The largest absolute Gasteiger partial charge is 0.321 e. The maximum Gasteiger partial charge on any atom is 0.264 e. The van der Waals surface area contributed by atoms with Crippen LogP contribution in [0.2, 0.25) is 0 Å². The Balaban J connectivity index is 1.47. The Morgan fingerprint density at radius 3 is 2.35 bits per heavy atom. The fraction of sp³-hybridized carbons (Fsp3) is 0.0455. The number of nitrogens with zero attached hydrogens (tertiary/aromatic N) is 4. The van der Waals surface area contributed by atoms with Crippen LogP contribution in [-0.4, -0.2) is 35.9 Å². The van der Waals surface area contributed by atoms with Gasteiger partial charge in [0.2, 0.25) is 0 Å². The van der Waals surface area contributed by atoms with E-state index in [1.807, 2.05) is 6.07 Å². The Hall–Kier alpha value is -3.98. The molecule has 31 heavy (non-hydrogen) atoms. The van der Waals surface area contributed by atoms with Crippen LogP contribution < -0.4 is 9.62 Å². The first-order valence-corrected chi connectivity index (χ1v) is 10.8. The van der Waals surface area contributed by atoms with Gasteiger partial charge in [0.05, 0.1) is 22.5 Å². The molecule has 0 saturated heterocycles. The van der Waals surface area contributed by atoms with Crippen molar-refractivity contribution in [2.45, 2.75) is 4.90 Å². The SMILES string of the molecule is CN(c1ccccc1)S(=O)(=O)c1ccc(C(=O)Nc2ccc(-n3ccnc3)nc2)cc1. The Bertz CT molecular complexity index is 1270. The number of hydrogen-bond acceptors (Lipinski definition) is 5. The van der Waals surface area contributed by atoms with Crippen molar-refractivity contribution in [3.8, 4) is 5.82 Å².